The molecule has 0 aliphatic rings. The highest BCUT2D eigenvalue weighted by Gasteiger charge is 2.32. The normalized spacial score (nSPS) is 13.2. The molecule has 0 heterocycles. The lowest BCUT2D eigenvalue weighted by molar-refractivity contribution is -0.154. The molecule has 2 N–H and O–H groups in total. The number of ether oxygens (including phenoxy) is 1. The highest BCUT2D eigenvalue weighted by atomic mass is 35.5. The fourth-order valence-corrected chi connectivity index (χ4v) is 2.31. The third kappa shape index (κ3) is 4.37. The van der Waals surface area contributed by atoms with Crippen LogP contribution in [-0.4, -0.2) is 12.6 Å². The number of rotatable bonds is 5. The van der Waals surface area contributed by atoms with Crippen molar-refractivity contribution in [1.29, 1.82) is 0 Å². The van der Waals surface area contributed by atoms with Crippen LogP contribution in [0.2, 0.25) is 10.0 Å². The van der Waals surface area contributed by atoms with E-state index in [1.807, 2.05) is 13.8 Å². The molecule has 1 atom stereocenters. The molecule has 0 aromatic heterocycles. The van der Waals surface area contributed by atoms with Gasteiger partial charge in [0.15, 0.2) is 0 Å². The van der Waals surface area contributed by atoms with E-state index in [9.17, 15) is 4.79 Å². The van der Waals surface area contributed by atoms with Crippen LogP contribution in [-0.2, 0) is 9.53 Å². The van der Waals surface area contributed by atoms with Crippen LogP contribution in [0.1, 0.15) is 38.8 Å². The molecular weight excluding hydrogens is 285 g/mol. The van der Waals surface area contributed by atoms with Crippen LogP contribution in [0.4, 0.5) is 0 Å². The zero-order valence-corrected chi connectivity index (χ0v) is 12.9. The summed E-state index contributed by atoms with van der Waals surface area (Å²) in [7, 11) is 0. The van der Waals surface area contributed by atoms with Gasteiger partial charge in [-0.15, -0.1) is 0 Å². The highest BCUT2D eigenvalue weighted by Crippen LogP contribution is 2.33. The predicted octanol–water partition coefficient (Wildman–Crippen LogP) is 3.97. The van der Waals surface area contributed by atoms with Crippen LogP contribution in [0.25, 0.3) is 0 Å². The first-order valence-corrected chi connectivity index (χ1v) is 6.91. The quantitative estimate of drug-likeness (QED) is 0.837. The number of benzene rings is 1. The SMILES string of the molecule is CCOC(=O)C(C)(C)CC(N)c1cc(Cl)ccc1Cl. The molecule has 0 saturated heterocycles. The zero-order chi connectivity index (χ0) is 14.6. The molecule has 19 heavy (non-hydrogen) atoms. The van der Waals surface area contributed by atoms with Crippen molar-refractivity contribution in [2.45, 2.75) is 33.2 Å². The van der Waals surface area contributed by atoms with E-state index in [1.54, 1.807) is 25.1 Å². The van der Waals surface area contributed by atoms with Gasteiger partial charge in [-0.2, -0.15) is 0 Å². The summed E-state index contributed by atoms with van der Waals surface area (Å²) in [5, 5.41) is 1.13. The molecule has 0 spiro atoms. The van der Waals surface area contributed by atoms with Gasteiger partial charge in [0.25, 0.3) is 0 Å². The Labute approximate surface area is 124 Å². The van der Waals surface area contributed by atoms with E-state index in [0.717, 1.165) is 5.56 Å². The number of carbonyl (C=O) groups is 1. The Kier molecular flexibility index (Phi) is 5.65. The smallest absolute Gasteiger partial charge is 0.311 e. The molecule has 0 fully saturated rings. The van der Waals surface area contributed by atoms with Crippen molar-refractivity contribution in [3.05, 3.63) is 33.8 Å². The van der Waals surface area contributed by atoms with E-state index in [1.165, 1.54) is 0 Å². The fourth-order valence-electron chi connectivity index (χ4n) is 1.87. The molecule has 1 aromatic carbocycles. The molecule has 1 rings (SSSR count). The van der Waals surface area contributed by atoms with Gasteiger partial charge < -0.3 is 10.5 Å². The van der Waals surface area contributed by atoms with E-state index in [2.05, 4.69) is 0 Å². The van der Waals surface area contributed by atoms with Gasteiger partial charge in [-0.25, -0.2) is 0 Å². The second-order valence-electron chi connectivity index (χ2n) is 5.08. The largest absolute Gasteiger partial charge is 0.466 e. The van der Waals surface area contributed by atoms with Crippen molar-refractivity contribution in [2.75, 3.05) is 6.61 Å². The lowest BCUT2D eigenvalue weighted by atomic mass is 9.84. The second kappa shape index (κ2) is 6.60. The highest BCUT2D eigenvalue weighted by molar-refractivity contribution is 6.33. The van der Waals surface area contributed by atoms with E-state index < -0.39 is 5.41 Å². The summed E-state index contributed by atoms with van der Waals surface area (Å²) in [5.41, 5.74) is 6.21. The van der Waals surface area contributed by atoms with Crippen molar-refractivity contribution in [3.63, 3.8) is 0 Å². The van der Waals surface area contributed by atoms with Gasteiger partial charge in [-0.1, -0.05) is 23.2 Å². The van der Waals surface area contributed by atoms with Crippen LogP contribution in [0.15, 0.2) is 18.2 Å². The van der Waals surface area contributed by atoms with Gasteiger partial charge in [0, 0.05) is 16.1 Å². The molecule has 106 valence electrons. The van der Waals surface area contributed by atoms with E-state index in [4.69, 9.17) is 33.7 Å². The average molecular weight is 304 g/mol. The maximum Gasteiger partial charge on any atom is 0.311 e. The van der Waals surface area contributed by atoms with Gasteiger partial charge >= 0.3 is 5.97 Å². The average Bonchev–Trinajstić information content (AvgIpc) is 2.32. The van der Waals surface area contributed by atoms with Gasteiger partial charge in [0.2, 0.25) is 0 Å². The van der Waals surface area contributed by atoms with E-state index in [0.29, 0.717) is 23.1 Å². The van der Waals surface area contributed by atoms with Crippen LogP contribution in [0.5, 0.6) is 0 Å². The Balaban J connectivity index is 2.86. The number of carbonyl (C=O) groups excluding carboxylic acids is 1. The Morgan fingerprint density at radius 2 is 2.05 bits per heavy atom. The first kappa shape index (κ1) is 16.3. The molecule has 0 aliphatic heterocycles. The van der Waals surface area contributed by atoms with Crippen molar-refractivity contribution in [2.24, 2.45) is 11.1 Å². The standard InChI is InChI=1S/C14H19Cl2NO2/c1-4-19-13(18)14(2,3)8-12(17)10-7-9(15)5-6-11(10)16/h5-7,12H,4,8,17H2,1-3H3. The Hall–Kier alpha value is -0.770. The maximum atomic E-state index is 11.8. The van der Waals surface area contributed by atoms with Crippen molar-refractivity contribution in [3.8, 4) is 0 Å². The zero-order valence-electron chi connectivity index (χ0n) is 11.4. The summed E-state index contributed by atoms with van der Waals surface area (Å²) in [5.74, 6) is -0.261. The topological polar surface area (TPSA) is 52.3 Å². The number of hydrogen-bond acceptors (Lipinski definition) is 3. The summed E-state index contributed by atoms with van der Waals surface area (Å²) in [4.78, 5) is 11.8. The number of esters is 1. The minimum absolute atomic E-state index is 0.261. The van der Waals surface area contributed by atoms with E-state index >= 15 is 0 Å². The maximum absolute atomic E-state index is 11.8. The predicted molar refractivity (Wildman–Crippen MR) is 78.4 cm³/mol. The molecule has 1 aromatic rings. The molecule has 0 bridgehead atoms. The summed E-state index contributed by atoms with van der Waals surface area (Å²) in [6, 6.07) is 4.77. The third-order valence-corrected chi connectivity index (χ3v) is 3.50. The van der Waals surface area contributed by atoms with Crippen LogP contribution >= 0.6 is 23.2 Å². The summed E-state index contributed by atoms with van der Waals surface area (Å²) >= 11 is 12.0. The van der Waals surface area contributed by atoms with Crippen molar-refractivity contribution >= 4 is 29.2 Å². The Bertz CT molecular complexity index is 461. The minimum atomic E-state index is -0.666. The van der Waals surface area contributed by atoms with Gasteiger partial charge in [0.05, 0.1) is 12.0 Å². The molecule has 3 nitrogen and oxygen atoms in total. The molecule has 0 saturated carbocycles. The number of nitrogens with two attached hydrogens (primary N) is 1. The van der Waals surface area contributed by atoms with Gasteiger partial charge in [0.1, 0.15) is 0 Å². The minimum Gasteiger partial charge on any atom is -0.466 e. The summed E-state index contributed by atoms with van der Waals surface area (Å²) in [6.07, 6.45) is 0.436. The molecule has 0 amide bonds. The fraction of sp³-hybridized carbons (Fsp3) is 0.500. The lowest BCUT2D eigenvalue weighted by Crippen LogP contribution is -2.31. The first-order chi connectivity index (χ1) is 8.77. The Morgan fingerprint density at radius 3 is 2.63 bits per heavy atom. The van der Waals surface area contributed by atoms with Crippen LogP contribution in [0, 0.1) is 5.41 Å². The van der Waals surface area contributed by atoms with E-state index in [-0.39, 0.29) is 12.0 Å². The molecule has 5 heteroatoms. The number of halogens is 2. The molecule has 0 radical (unpaired) electrons. The van der Waals surface area contributed by atoms with Gasteiger partial charge in [-0.3, -0.25) is 4.79 Å². The second-order valence-corrected chi connectivity index (χ2v) is 5.92. The summed E-state index contributed by atoms with van der Waals surface area (Å²) in [6.45, 7) is 5.75. The van der Waals surface area contributed by atoms with Crippen molar-refractivity contribution < 1.29 is 9.53 Å². The van der Waals surface area contributed by atoms with Gasteiger partial charge in [-0.05, 0) is 51.0 Å². The summed E-state index contributed by atoms with van der Waals surface area (Å²) < 4.78 is 5.04. The molecule has 0 aliphatic carbocycles. The monoisotopic (exact) mass is 303 g/mol. The van der Waals surface area contributed by atoms with Crippen LogP contribution in [0.3, 0.4) is 0 Å². The van der Waals surface area contributed by atoms with Crippen LogP contribution < -0.4 is 5.73 Å². The lowest BCUT2D eigenvalue weighted by Gasteiger charge is -2.26. The first-order valence-electron chi connectivity index (χ1n) is 6.15. The molecular formula is C14H19Cl2NO2. The molecule has 1 unspecified atom stereocenters. The van der Waals surface area contributed by atoms with Crippen molar-refractivity contribution in [1.82, 2.24) is 0 Å². The Morgan fingerprint density at radius 1 is 1.42 bits per heavy atom. The number of hydrogen-bond donors (Lipinski definition) is 1. The third-order valence-electron chi connectivity index (χ3n) is 2.92.